The third-order valence-electron chi connectivity index (χ3n) is 5.55. The van der Waals surface area contributed by atoms with E-state index in [9.17, 15) is 27.9 Å². The Kier molecular flexibility index (Phi) is 5.73. The lowest BCUT2D eigenvalue weighted by Crippen LogP contribution is -2.49. The zero-order chi connectivity index (χ0) is 22.9. The third-order valence-corrected chi connectivity index (χ3v) is 5.55. The number of carbonyl (C=O) groups is 2. The Morgan fingerprint density at radius 1 is 1.03 bits per heavy atom. The van der Waals surface area contributed by atoms with Crippen LogP contribution in [-0.2, 0) is 41.7 Å². The molecule has 0 unspecified atom stereocenters. The van der Waals surface area contributed by atoms with Crippen LogP contribution in [0.2, 0.25) is 0 Å². The SMILES string of the molecule is O=C(O)[C@@H]1Cc2c(ncn2Cc2ccccc2)CN1C(=O)Cc1ccc(C(F)(F)F)cc1. The lowest BCUT2D eigenvalue weighted by molar-refractivity contribution is -0.151. The predicted octanol–water partition coefficient (Wildman–Crippen LogP) is 3.53. The van der Waals surface area contributed by atoms with Crippen LogP contribution in [0.5, 0.6) is 0 Å². The summed E-state index contributed by atoms with van der Waals surface area (Å²) in [6, 6.07) is 12.9. The van der Waals surface area contributed by atoms with Crippen LogP contribution in [0.25, 0.3) is 0 Å². The Morgan fingerprint density at radius 3 is 2.34 bits per heavy atom. The maximum Gasteiger partial charge on any atom is 0.416 e. The van der Waals surface area contributed by atoms with Crippen molar-refractivity contribution in [3.63, 3.8) is 0 Å². The van der Waals surface area contributed by atoms with Gasteiger partial charge < -0.3 is 14.6 Å². The zero-order valence-corrected chi connectivity index (χ0v) is 16.9. The molecule has 6 nitrogen and oxygen atoms in total. The van der Waals surface area contributed by atoms with Gasteiger partial charge in [-0.2, -0.15) is 13.2 Å². The molecule has 0 bridgehead atoms. The van der Waals surface area contributed by atoms with Crippen LogP contribution in [0.1, 0.15) is 28.1 Å². The number of benzene rings is 2. The first-order valence-corrected chi connectivity index (χ1v) is 9.97. The van der Waals surface area contributed by atoms with Gasteiger partial charge in [0.2, 0.25) is 5.91 Å². The number of carbonyl (C=O) groups excluding carboxylic acids is 1. The highest BCUT2D eigenvalue weighted by Crippen LogP contribution is 2.29. The second-order valence-electron chi connectivity index (χ2n) is 7.70. The van der Waals surface area contributed by atoms with Crippen molar-refractivity contribution in [1.82, 2.24) is 14.5 Å². The molecule has 2 aromatic carbocycles. The minimum absolute atomic E-state index is 0.0353. The van der Waals surface area contributed by atoms with Crippen molar-refractivity contribution in [3.8, 4) is 0 Å². The molecule has 32 heavy (non-hydrogen) atoms. The molecule has 4 rings (SSSR count). The first-order chi connectivity index (χ1) is 15.2. The zero-order valence-electron chi connectivity index (χ0n) is 16.9. The largest absolute Gasteiger partial charge is 0.480 e. The van der Waals surface area contributed by atoms with Crippen LogP contribution < -0.4 is 0 Å². The average Bonchev–Trinajstić information content (AvgIpc) is 3.15. The maximum absolute atomic E-state index is 12.9. The number of nitrogens with zero attached hydrogens (tertiary/aromatic N) is 3. The fourth-order valence-corrected chi connectivity index (χ4v) is 3.87. The molecule has 0 aliphatic carbocycles. The van der Waals surface area contributed by atoms with E-state index in [1.54, 1.807) is 6.33 Å². The predicted molar refractivity (Wildman–Crippen MR) is 109 cm³/mol. The fraction of sp³-hybridized carbons (Fsp3) is 0.261. The molecule has 1 atom stereocenters. The van der Waals surface area contributed by atoms with E-state index in [1.807, 2.05) is 34.9 Å². The number of rotatable bonds is 5. The summed E-state index contributed by atoms with van der Waals surface area (Å²) >= 11 is 0. The van der Waals surface area contributed by atoms with E-state index in [2.05, 4.69) is 4.98 Å². The molecule has 1 aliphatic rings. The molecule has 166 valence electrons. The average molecular weight is 443 g/mol. The number of fused-ring (bicyclic) bond motifs is 1. The number of aliphatic carboxylic acids is 1. The lowest BCUT2D eigenvalue weighted by atomic mass is 10.0. The summed E-state index contributed by atoms with van der Waals surface area (Å²) in [5.74, 6) is -1.61. The third kappa shape index (κ3) is 4.51. The van der Waals surface area contributed by atoms with Gasteiger partial charge in [0.15, 0.2) is 0 Å². The van der Waals surface area contributed by atoms with E-state index in [4.69, 9.17) is 0 Å². The molecule has 1 amide bonds. The highest BCUT2D eigenvalue weighted by atomic mass is 19.4. The van der Waals surface area contributed by atoms with Gasteiger partial charge in [0.05, 0.1) is 30.6 Å². The van der Waals surface area contributed by atoms with E-state index in [0.29, 0.717) is 17.8 Å². The van der Waals surface area contributed by atoms with Crippen LogP contribution >= 0.6 is 0 Å². The molecule has 1 N–H and O–H groups in total. The van der Waals surface area contributed by atoms with Crippen LogP contribution in [-0.4, -0.2) is 37.5 Å². The maximum atomic E-state index is 12.9. The standard InChI is InChI=1S/C23H20F3N3O3/c24-23(25,26)17-8-6-15(7-9-17)10-21(30)29-13-18-19(11-20(29)22(31)32)28(14-27-18)12-16-4-2-1-3-5-16/h1-9,14,20H,10-13H2,(H,31,32)/t20-/m0/s1. The molecule has 0 saturated heterocycles. The van der Waals surface area contributed by atoms with Gasteiger partial charge in [-0.05, 0) is 23.3 Å². The second-order valence-corrected chi connectivity index (χ2v) is 7.70. The highest BCUT2D eigenvalue weighted by molar-refractivity contribution is 5.85. The van der Waals surface area contributed by atoms with E-state index in [1.165, 1.54) is 17.0 Å². The number of amides is 1. The van der Waals surface area contributed by atoms with E-state index in [0.717, 1.165) is 23.4 Å². The Balaban J connectivity index is 1.52. The van der Waals surface area contributed by atoms with Crippen LogP contribution in [0.4, 0.5) is 13.2 Å². The smallest absolute Gasteiger partial charge is 0.416 e. The first-order valence-electron chi connectivity index (χ1n) is 9.97. The lowest BCUT2D eigenvalue weighted by Gasteiger charge is -2.33. The minimum Gasteiger partial charge on any atom is -0.480 e. The quantitative estimate of drug-likeness (QED) is 0.655. The number of hydrogen-bond acceptors (Lipinski definition) is 3. The van der Waals surface area contributed by atoms with Crippen LogP contribution in [0.3, 0.4) is 0 Å². The molecule has 0 fully saturated rings. The van der Waals surface area contributed by atoms with Crippen molar-refractivity contribution < 1.29 is 27.9 Å². The summed E-state index contributed by atoms with van der Waals surface area (Å²) in [6.07, 6.45) is -2.91. The monoisotopic (exact) mass is 443 g/mol. The summed E-state index contributed by atoms with van der Waals surface area (Å²) in [5, 5.41) is 9.74. The van der Waals surface area contributed by atoms with Gasteiger partial charge in [0, 0.05) is 18.7 Å². The van der Waals surface area contributed by atoms with Gasteiger partial charge in [0.25, 0.3) is 0 Å². The summed E-state index contributed by atoms with van der Waals surface area (Å²) in [4.78, 5) is 30.4. The van der Waals surface area contributed by atoms with Gasteiger partial charge in [-0.15, -0.1) is 0 Å². The number of halogens is 3. The molecular weight excluding hydrogens is 423 g/mol. The van der Waals surface area contributed by atoms with Crippen molar-refractivity contribution in [3.05, 3.63) is 89.0 Å². The summed E-state index contributed by atoms with van der Waals surface area (Å²) in [6.45, 7) is 0.572. The van der Waals surface area contributed by atoms with E-state index >= 15 is 0 Å². The molecule has 3 aromatic rings. The van der Waals surface area contributed by atoms with E-state index in [-0.39, 0.29) is 19.4 Å². The molecular formula is C23H20F3N3O3. The number of alkyl halides is 3. The molecule has 0 radical (unpaired) electrons. The van der Waals surface area contributed by atoms with Crippen LogP contribution in [0, 0.1) is 0 Å². The number of carboxylic acid groups (broad SMARTS) is 1. The minimum atomic E-state index is -4.46. The van der Waals surface area contributed by atoms with Gasteiger partial charge in [-0.25, -0.2) is 9.78 Å². The second kappa shape index (κ2) is 8.49. The van der Waals surface area contributed by atoms with Gasteiger partial charge in [-0.1, -0.05) is 42.5 Å². The fourth-order valence-electron chi connectivity index (χ4n) is 3.87. The molecule has 0 saturated carbocycles. The molecule has 1 aliphatic heterocycles. The number of aromatic nitrogens is 2. The highest BCUT2D eigenvalue weighted by Gasteiger charge is 2.37. The van der Waals surface area contributed by atoms with Crippen molar-refractivity contribution in [2.45, 2.75) is 38.1 Å². The molecule has 9 heteroatoms. The Bertz CT molecular complexity index is 1120. The van der Waals surface area contributed by atoms with Gasteiger partial charge in [-0.3, -0.25) is 4.79 Å². The topological polar surface area (TPSA) is 75.4 Å². The number of hydrogen-bond donors (Lipinski definition) is 1. The number of carboxylic acids is 1. The Labute approximate surface area is 181 Å². The summed E-state index contributed by atoms with van der Waals surface area (Å²) < 4.78 is 40.1. The van der Waals surface area contributed by atoms with Gasteiger partial charge in [0.1, 0.15) is 6.04 Å². The van der Waals surface area contributed by atoms with Crippen molar-refractivity contribution in [2.24, 2.45) is 0 Å². The van der Waals surface area contributed by atoms with Crippen LogP contribution in [0.15, 0.2) is 60.9 Å². The summed E-state index contributed by atoms with van der Waals surface area (Å²) in [5.41, 5.74) is 2.01. The van der Waals surface area contributed by atoms with Crippen molar-refractivity contribution >= 4 is 11.9 Å². The van der Waals surface area contributed by atoms with Crippen molar-refractivity contribution in [1.29, 1.82) is 0 Å². The Hall–Kier alpha value is -3.62. The Morgan fingerprint density at radius 2 is 1.72 bits per heavy atom. The molecule has 1 aromatic heterocycles. The van der Waals surface area contributed by atoms with E-state index < -0.39 is 29.7 Å². The summed E-state index contributed by atoms with van der Waals surface area (Å²) in [7, 11) is 0. The van der Waals surface area contributed by atoms with Gasteiger partial charge >= 0.3 is 12.1 Å². The molecule has 0 spiro atoms. The normalized spacial score (nSPS) is 16.0. The molecule has 2 heterocycles. The number of imidazole rings is 1. The van der Waals surface area contributed by atoms with Crippen molar-refractivity contribution in [2.75, 3.05) is 0 Å². The first kappa shape index (κ1) is 21.6.